The minimum absolute atomic E-state index is 0.974. The van der Waals surface area contributed by atoms with Crippen molar-refractivity contribution in [2.75, 3.05) is 0 Å². The second-order valence-corrected chi connectivity index (χ2v) is 30.4. The van der Waals surface area contributed by atoms with Crippen LogP contribution in [0.4, 0.5) is 0 Å². The van der Waals surface area contributed by atoms with Gasteiger partial charge in [0.15, 0.2) is 0 Å². The molecule has 0 heterocycles. The molecule has 0 saturated carbocycles. The molecule has 0 aliphatic rings. The van der Waals surface area contributed by atoms with E-state index < -0.39 is 38.4 Å². The molecular formula is C24H38O3Sn2. The molecule has 2 aromatic carbocycles. The third-order valence-corrected chi connectivity index (χ3v) is 31.4. The average molecular weight is 612 g/mol. The summed E-state index contributed by atoms with van der Waals surface area (Å²) in [4.78, 5) is 8.77. The van der Waals surface area contributed by atoms with Gasteiger partial charge < -0.3 is 0 Å². The van der Waals surface area contributed by atoms with Gasteiger partial charge in [-0.3, -0.25) is 0 Å². The van der Waals surface area contributed by atoms with Gasteiger partial charge in [-0.2, -0.15) is 0 Å². The van der Waals surface area contributed by atoms with E-state index in [0.29, 0.717) is 0 Å². The number of aryl methyl sites for hydroxylation is 2. The van der Waals surface area contributed by atoms with Crippen molar-refractivity contribution in [1.29, 1.82) is 0 Å². The van der Waals surface area contributed by atoms with E-state index >= 15 is 0 Å². The Kier molecular flexibility index (Phi) is 8.42. The first kappa shape index (κ1) is 24.9. The van der Waals surface area contributed by atoms with Gasteiger partial charge in [0.25, 0.3) is 0 Å². The Morgan fingerprint density at radius 2 is 0.931 bits per heavy atom. The molecule has 0 N–H and O–H groups in total. The SMILES string of the molecule is CCc1ccc([O][Sn]([CH3])([CH3])[O][Sn]([CH3])([CH3])[O]c2ccc(CC)c(C)c2C)c(C)c1C. The summed E-state index contributed by atoms with van der Waals surface area (Å²) in [5.41, 5.74) is 7.88. The predicted octanol–water partition coefficient (Wildman–Crippen LogP) is 6.92. The third-order valence-electron chi connectivity index (χ3n) is 5.66. The summed E-state index contributed by atoms with van der Waals surface area (Å²) < 4.78 is 19.8. The van der Waals surface area contributed by atoms with Crippen LogP contribution in [-0.2, 0) is 14.3 Å². The fraction of sp³-hybridized carbons (Fsp3) is 0.500. The monoisotopic (exact) mass is 614 g/mol. The topological polar surface area (TPSA) is 27.7 Å². The van der Waals surface area contributed by atoms with Crippen LogP contribution in [0.15, 0.2) is 24.3 Å². The van der Waals surface area contributed by atoms with Gasteiger partial charge in [0.2, 0.25) is 0 Å². The zero-order chi connectivity index (χ0) is 22.0. The Bertz CT molecular complexity index is 801. The van der Waals surface area contributed by atoms with E-state index in [1.165, 1.54) is 33.4 Å². The summed E-state index contributed by atoms with van der Waals surface area (Å²) in [6, 6.07) is 8.60. The molecule has 2 aromatic rings. The molecule has 0 amide bonds. The first-order valence-electron chi connectivity index (χ1n) is 10.7. The van der Waals surface area contributed by atoms with Crippen molar-refractivity contribution in [3.63, 3.8) is 0 Å². The molecule has 0 radical (unpaired) electrons. The Labute approximate surface area is 188 Å². The van der Waals surface area contributed by atoms with Crippen LogP contribution in [0.3, 0.4) is 0 Å². The summed E-state index contributed by atoms with van der Waals surface area (Å²) in [5, 5.41) is 0. The van der Waals surface area contributed by atoms with E-state index in [1.807, 2.05) is 0 Å². The molecule has 0 fully saturated rings. The molecule has 0 bridgehead atoms. The van der Waals surface area contributed by atoms with Gasteiger partial charge in [-0.05, 0) is 0 Å². The second kappa shape index (κ2) is 9.82. The van der Waals surface area contributed by atoms with E-state index in [2.05, 4.69) is 85.6 Å². The van der Waals surface area contributed by atoms with Crippen LogP contribution < -0.4 is 6.15 Å². The Balaban J connectivity index is 2.19. The van der Waals surface area contributed by atoms with E-state index in [1.54, 1.807) is 0 Å². The maximum absolute atomic E-state index is 6.71. The van der Waals surface area contributed by atoms with Crippen molar-refractivity contribution in [2.24, 2.45) is 0 Å². The van der Waals surface area contributed by atoms with Gasteiger partial charge in [-0.15, -0.1) is 0 Å². The minimum atomic E-state index is -3.24. The standard InChI is InChI=1S/2C10H14O.4CH3.O.2Sn/c2*1-4-9-5-6-10(11)8(3)7(9)2;;;;;;;/h2*5-6,11H,4H2,1-3H3;4*1H3;;;/q;;;;;;;2*+1/p-2. The molecule has 0 spiro atoms. The quantitative estimate of drug-likeness (QED) is 0.303. The molecule has 0 saturated heterocycles. The van der Waals surface area contributed by atoms with Gasteiger partial charge in [-0.25, -0.2) is 0 Å². The first-order valence-corrected chi connectivity index (χ1v) is 26.7. The predicted molar refractivity (Wildman–Crippen MR) is 128 cm³/mol. The fourth-order valence-corrected chi connectivity index (χ4v) is 36.0. The van der Waals surface area contributed by atoms with Crippen LogP contribution in [0.1, 0.15) is 47.2 Å². The molecule has 2 rings (SSSR count). The molecule has 5 heteroatoms. The zero-order valence-electron chi connectivity index (χ0n) is 19.9. The number of rotatable bonds is 8. The fourth-order valence-electron chi connectivity index (χ4n) is 3.85. The van der Waals surface area contributed by atoms with E-state index in [9.17, 15) is 0 Å². The summed E-state index contributed by atoms with van der Waals surface area (Å²) >= 11 is -6.47. The second-order valence-electron chi connectivity index (χ2n) is 8.76. The van der Waals surface area contributed by atoms with E-state index in [-0.39, 0.29) is 0 Å². The van der Waals surface area contributed by atoms with Gasteiger partial charge in [0, 0.05) is 0 Å². The Hall–Kier alpha value is -0.403. The average Bonchev–Trinajstić information content (AvgIpc) is 2.62. The van der Waals surface area contributed by atoms with Crippen LogP contribution in [0, 0.1) is 27.7 Å². The van der Waals surface area contributed by atoms with Crippen LogP contribution >= 0.6 is 0 Å². The van der Waals surface area contributed by atoms with Crippen molar-refractivity contribution < 1.29 is 7.56 Å². The molecule has 29 heavy (non-hydrogen) atoms. The van der Waals surface area contributed by atoms with Crippen LogP contribution in [0.2, 0.25) is 19.8 Å². The molecular weight excluding hydrogens is 574 g/mol. The molecule has 0 aliphatic carbocycles. The van der Waals surface area contributed by atoms with Gasteiger partial charge >= 0.3 is 189 Å². The number of hydrogen-bond acceptors (Lipinski definition) is 3. The third kappa shape index (κ3) is 6.29. The summed E-state index contributed by atoms with van der Waals surface area (Å²) in [6.45, 7) is 13.1. The van der Waals surface area contributed by atoms with Crippen LogP contribution in [0.5, 0.6) is 11.5 Å². The first-order chi connectivity index (χ1) is 13.4. The van der Waals surface area contributed by atoms with Gasteiger partial charge in [-0.1, -0.05) is 0 Å². The van der Waals surface area contributed by atoms with Crippen molar-refractivity contribution in [3.8, 4) is 11.5 Å². The van der Waals surface area contributed by atoms with Crippen LogP contribution in [-0.4, -0.2) is 38.4 Å². The summed E-state index contributed by atoms with van der Waals surface area (Å²) in [5.74, 6) is 1.95. The summed E-state index contributed by atoms with van der Waals surface area (Å²) in [7, 11) is 0. The molecule has 0 aromatic heterocycles. The molecule has 3 nitrogen and oxygen atoms in total. The molecule has 0 atom stereocenters. The zero-order valence-corrected chi connectivity index (χ0v) is 25.7. The van der Waals surface area contributed by atoms with Crippen molar-refractivity contribution in [2.45, 2.75) is 74.1 Å². The summed E-state index contributed by atoms with van der Waals surface area (Å²) in [6.07, 6.45) is 2.09. The number of hydrogen-bond donors (Lipinski definition) is 0. The Morgan fingerprint density at radius 3 is 1.24 bits per heavy atom. The van der Waals surface area contributed by atoms with Crippen molar-refractivity contribution in [1.82, 2.24) is 0 Å². The van der Waals surface area contributed by atoms with Gasteiger partial charge in [0.1, 0.15) is 0 Å². The molecule has 0 aliphatic heterocycles. The van der Waals surface area contributed by atoms with Crippen LogP contribution in [0.25, 0.3) is 0 Å². The Morgan fingerprint density at radius 1 is 0.586 bits per heavy atom. The van der Waals surface area contributed by atoms with Gasteiger partial charge in [0.05, 0.1) is 0 Å². The maximum atomic E-state index is 6.71. The molecule has 0 unspecified atom stereocenters. The normalized spacial score (nSPS) is 12.2. The van der Waals surface area contributed by atoms with Crippen molar-refractivity contribution in [3.05, 3.63) is 57.6 Å². The van der Waals surface area contributed by atoms with E-state index in [0.717, 1.165) is 24.3 Å². The van der Waals surface area contributed by atoms with Crippen molar-refractivity contribution >= 4 is 38.4 Å². The number of benzene rings is 2. The molecule has 160 valence electrons. The van der Waals surface area contributed by atoms with E-state index in [4.69, 9.17) is 7.56 Å².